The Bertz CT molecular complexity index is 1350. The van der Waals surface area contributed by atoms with E-state index in [0.717, 1.165) is 42.7 Å². The Hall–Kier alpha value is -4.33. The van der Waals surface area contributed by atoms with Crippen LogP contribution in [-0.4, -0.2) is 36.2 Å². The average Bonchev–Trinajstić information content (AvgIpc) is 2.99. The normalized spacial score (nSPS) is 11.5. The molecule has 0 aliphatic carbocycles. The molecule has 12 heteroatoms. The maximum atomic E-state index is 12.4. The molecule has 0 bridgehead atoms. The summed E-state index contributed by atoms with van der Waals surface area (Å²) in [4.78, 5) is 28.8. The lowest BCUT2D eigenvalue weighted by Crippen LogP contribution is -3.00. The van der Waals surface area contributed by atoms with Crippen LogP contribution in [0.3, 0.4) is 0 Å². The summed E-state index contributed by atoms with van der Waals surface area (Å²) >= 11 is 5.90. The summed E-state index contributed by atoms with van der Waals surface area (Å²) in [5, 5.41) is 18.7. The molecule has 0 saturated heterocycles. The van der Waals surface area contributed by atoms with Gasteiger partial charge in [0, 0.05) is 23.7 Å². The molecule has 10 nitrogen and oxygen atoms in total. The number of hydrogen-bond acceptors (Lipinski definition) is 6. The van der Waals surface area contributed by atoms with E-state index in [4.69, 9.17) is 37.2 Å². The summed E-state index contributed by atoms with van der Waals surface area (Å²) in [6.45, 7) is 1.16. The predicted molar refractivity (Wildman–Crippen MR) is 159 cm³/mol. The molecule has 0 aliphatic heterocycles. The first kappa shape index (κ1) is 34.9. The van der Waals surface area contributed by atoms with Crippen LogP contribution in [0, 0.1) is 11.5 Å². The van der Waals surface area contributed by atoms with Crippen molar-refractivity contribution in [1.82, 2.24) is 0 Å². The first-order valence-corrected chi connectivity index (χ1v) is 14.1. The molecule has 0 radical (unpaired) electrons. The summed E-state index contributed by atoms with van der Waals surface area (Å²) in [5.74, 6) is -0.789. The SMILES string of the molecule is N#CN=C(N)N(CCCCCCOc1ccc(Cl)cc1)c1cc[n+](C(Cc2ccccc2)OC(=O)CCC(=O)O)cc1.[Cl-]. The summed E-state index contributed by atoms with van der Waals surface area (Å²) in [6.07, 6.45) is 8.04. The number of guanidine groups is 1. The molecular weight excluding hydrogens is 593 g/mol. The molecule has 1 aromatic heterocycles. The minimum absolute atomic E-state index is 0. The van der Waals surface area contributed by atoms with Crippen molar-refractivity contribution in [2.45, 2.75) is 51.2 Å². The number of carbonyl (C=O) groups is 2. The van der Waals surface area contributed by atoms with Crippen LogP contribution in [0.15, 0.2) is 84.1 Å². The van der Waals surface area contributed by atoms with Gasteiger partial charge < -0.3 is 37.6 Å². The standard InChI is InChI=1S/C31H34ClN5O5.ClH/c32-25-10-12-27(13-11-25)41-21-7-2-1-6-18-37(31(34)35-23-33)26-16-19-36(20-17-26)28(22-24-8-4-3-5-9-24)42-30(40)15-14-29(38)39;/h3-5,8-13,16-17,19-20,28H,1-2,6-7,14-15,18,21-22H2,(H2-,34,35,38,39);1H. The van der Waals surface area contributed by atoms with E-state index in [1.54, 1.807) is 40.2 Å². The molecule has 0 amide bonds. The van der Waals surface area contributed by atoms with Crippen molar-refractivity contribution in [2.75, 3.05) is 18.1 Å². The van der Waals surface area contributed by atoms with Gasteiger partial charge in [-0.2, -0.15) is 9.83 Å². The van der Waals surface area contributed by atoms with Crippen LogP contribution in [0.25, 0.3) is 0 Å². The molecule has 1 heterocycles. The highest BCUT2D eigenvalue weighted by Gasteiger charge is 2.25. The predicted octanol–water partition coefficient (Wildman–Crippen LogP) is 2.02. The Morgan fingerprint density at radius 1 is 1.00 bits per heavy atom. The number of esters is 1. The van der Waals surface area contributed by atoms with Gasteiger partial charge in [-0.05, 0) is 42.7 Å². The quantitative estimate of drug-likeness (QED) is 0.0613. The zero-order valence-electron chi connectivity index (χ0n) is 23.6. The van der Waals surface area contributed by atoms with E-state index < -0.39 is 18.2 Å². The van der Waals surface area contributed by atoms with Crippen LogP contribution < -0.4 is 32.3 Å². The van der Waals surface area contributed by atoms with Gasteiger partial charge in [-0.15, -0.1) is 4.99 Å². The number of nitrogens with zero attached hydrogens (tertiary/aromatic N) is 4. The van der Waals surface area contributed by atoms with Gasteiger partial charge in [-0.3, -0.25) is 9.59 Å². The average molecular weight is 629 g/mol. The molecule has 3 aromatic rings. The van der Waals surface area contributed by atoms with Gasteiger partial charge in [0.15, 0.2) is 12.4 Å². The fourth-order valence-corrected chi connectivity index (χ4v) is 4.31. The summed E-state index contributed by atoms with van der Waals surface area (Å²) in [5.41, 5.74) is 7.80. The number of anilines is 1. The third kappa shape index (κ3) is 12.6. The molecule has 0 fully saturated rings. The van der Waals surface area contributed by atoms with E-state index in [9.17, 15) is 9.59 Å². The van der Waals surface area contributed by atoms with Crippen molar-refractivity contribution >= 4 is 35.2 Å². The third-order valence-electron chi connectivity index (χ3n) is 6.34. The van der Waals surface area contributed by atoms with Gasteiger partial charge in [-0.25, -0.2) is 0 Å². The highest BCUT2D eigenvalue weighted by Crippen LogP contribution is 2.18. The van der Waals surface area contributed by atoms with Crippen molar-refractivity contribution in [1.29, 1.82) is 5.26 Å². The number of aliphatic imine (C=N–C) groups is 1. The zero-order valence-corrected chi connectivity index (χ0v) is 25.2. The van der Waals surface area contributed by atoms with Crippen LogP contribution in [0.2, 0.25) is 5.02 Å². The number of carboxylic acid groups (broad SMARTS) is 1. The van der Waals surface area contributed by atoms with Crippen LogP contribution in [0.4, 0.5) is 5.69 Å². The number of halogens is 2. The molecule has 0 aliphatic rings. The Labute approximate surface area is 262 Å². The van der Waals surface area contributed by atoms with Crippen LogP contribution in [-0.2, 0) is 20.7 Å². The largest absolute Gasteiger partial charge is 1.00 e. The Morgan fingerprint density at radius 2 is 1.67 bits per heavy atom. The highest BCUT2D eigenvalue weighted by molar-refractivity contribution is 6.30. The molecule has 1 unspecified atom stereocenters. The second-order valence-electron chi connectivity index (χ2n) is 9.47. The van der Waals surface area contributed by atoms with Crippen LogP contribution in [0.5, 0.6) is 5.75 Å². The van der Waals surface area contributed by atoms with Crippen LogP contribution >= 0.6 is 11.6 Å². The van der Waals surface area contributed by atoms with E-state index in [1.807, 2.05) is 54.6 Å². The number of rotatable bonds is 16. The van der Waals surface area contributed by atoms with E-state index in [1.165, 1.54) is 0 Å². The lowest BCUT2D eigenvalue weighted by atomic mass is 10.1. The second-order valence-corrected chi connectivity index (χ2v) is 9.91. The topological polar surface area (TPSA) is 142 Å². The third-order valence-corrected chi connectivity index (χ3v) is 6.59. The van der Waals surface area contributed by atoms with Gasteiger partial charge in [0.2, 0.25) is 12.2 Å². The molecule has 0 saturated carbocycles. The number of benzene rings is 2. The number of aliphatic carboxylic acids is 1. The first-order valence-electron chi connectivity index (χ1n) is 13.7. The number of hydrogen-bond donors (Lipinski definition) is 2. The number of pyridine rings is 1. The Balaban J connectivity index is 0.00000645. The first-order chi connectivity index (χ1) is 20.4. The minimum Gasteiger partial charge on any atom is -1.00 e. The minimum atomic E-state index is -1.06. The van der Waals surface area contributed by atoms with E-state index in [0.29, 0.717) is 24.6 Å². The monoisotopic (exact) mass is 627 g/mol. The van der Waals surface area contributed by atoms with Crippen molar-refractivity contribution in [3.63, 3.8) is 0 Å². The van der Waals surface area contributed by atoms with Crippen molar-refractivity contribution in [3.8, 4) is 11.9 Å². The maximum absolute atomic E-state index is 12.4. The highest BCUT2D eigenvalue weighted by atomic mass is 35.5. The lowest BCUT2D eigenvalue weighted by molar-refractivity contribution is -0.756. The van der Waals surface area contributed by atoms with Gasteiger partial charge in [0.1, 0.15) is 5.75 Å². The molecule has 0 spiro atoms. The van der Waals surface area contributed by atoms with E-state index in [2.05, 4.69) is 4.99 Å². The molecule has 43 heavy (non-hydrogen) atoms. The molecule has 3 rings (SSSR count). The maximum Gasteiger partial charge on any atom is 0.311 e. The molecule has 2 aromatic carbocycles. The molecule has 1 atom stereocenters. The Kier molecular flexibility index (Phi) is 15.4. The van der Waals surface area contributed by atoms with Crippen molar-refractivity contribution in [3.05, 3.63) is 89.7 Å². The zero-order chi connectivity index (χ0) is 30.2. The van der Waals surface area contributed by atoms with E-state index >= 15 is 0 Å². The number of nitriles is 1. The second kappa shape index (κ2) is 19.0. The van der Waals surface area contributed by atoms with E-state index in [-0.39, 0.29) is 31.2 Å². The number of nitrogens with two attached hydrogens (primary N) is 1. The number of carbonyl (C=O) groups excluding carboxylic acids is 1. The van der Waals surface area contributed by atoms with Gasteiger partial charge >= 0.3 is 18.2 Å². The van der Waals surface area contributed by atoms with Gasteiger partial charge in [0.05, 0.1) is 31.6 Å². The Morgan fingerprint density at radius 3 is 2.33 bits per heavy atom. The molecular formula is C31H35Cl2N5O5. The number of unbranched alkanes of at least 4 members (excludes halogenated alkanes) is 3. The van der Waals surface area contributed by atoms with Crippen molar-refractivity contribution in [2.24, 2.45) is 10.7 Å². The van der Waals surface area contributed by atoms with Crippen LogP contribution in [0.1, 0.15) is 50.3 Å². The molecule has 228 valence electrons. The lowest BCUT2D eigenvalue weighted by Gasteiger charge is -2.23. The number of carboxylic acids is 1. The number of ether oxygens (including phenoxy) is 2. The van der Waals surface area contributed by atoms with Gasteiger partial charge in [-0.1, -0.05) is 54.8 Å². The smallest absolute Gasteiger partial charge is 0.311 e. The van der Waals surface area contributed by atoms with Gasteiger partial charge in [0.25, 0.3) is 0 Å². The number of aromatic nitrogens is 1. The van der Waals surface area contributed by atoms with Crippen molar-refractivity contribution < 1.29 is 41.1 Å². The summed E-state index contributed by atoms with van der Waals surface area (Å²) in [6, 6.07) is 20.4. The summed E-state index contributed by atoms with van der Waals surface area (Å²) in [7, 11) is 0. The summed E-state index contributed by atoms with van der Waals surface area (Å²) < 4.78 is 13.1. The fourth-order valence-electron chi connectivity index (χ4n) is 4.18. The fraction of sp³-hybridized carbons (Fsp3) is 0.323. The molecule has 3 N–H and O–H groups in total.